The number of aliphatic hydroxyl groups is 1. The first-order valence-electron chi connectivity index (χ1n) is 7.25. The average molecular weight is 300 g/mol. The minimum absolute atomic E-state index is 0.537. The standard InChI is InChI=1S/C17H20O.C2H4O2/c1-11-7-5-9-15(13(11)3)17(18)16-10-6-8-12(2)14(16)4;1-2(3)4/h5-10,17-18H,1-4H3;1H3,(H,3,4). The van der Waals surface area contributed by atoms with Crippen LogP contribution < -0.4 is 0 Å². The van der Waals surface area contributed by atoms with Crippen LogP contribution in [0.15, 0.2) is 36.4 Å². The molecule has 0 saturated heterocycles. The minimum Gasteiger partial charge on any atom is -0.481 e. The molecule has 0 aromatic heterocycles. The van der Waals surface area contributed by atoms with Crippen molar-refractivity contribution in [2.45, 2.75) is 40.7 Å². The molecule has 2 aromatic carbocycles. The molecule has 0 bridgehead atoms. The number of aryl methyl sites for hydroxylation is 2. The molecule has 118 valence electrons. The summed E-state index contributed by atoms with van der Waals surface area (Å²) >= 11 is 0. The van der Waals surface area contributed by atoms with E-state index < -0.39 is 12.1 Å². The second kappa shape index (κ2) is 7.76. The summed E-state index contributed by atoms with van der Waals surface area (Å²) in [6.07, 6.45) is -0.537. The van der Waals surface area contributed by atoms with Gasteiger partial charge in [0, 0.05) is 6.92 Å². The number of benzene rings is 2. The summed E-state index contributed by atoms with van der Waals surface area (Å²) < 4.78 is 0. The van der Waals surface area contributed by atoms with Crippen LogP contribution in [0.3, 0.4) is 0 Å². The van der Waals surface area contributed by atoms with Gasteiger partial charge < -0.3 is 10.2 Å². The quantitative estimate of drug-likeness (QED) is 0.878. The van der Waals surface area contributed by atoms with E-state index in [0.717, 1.165) is 18.1 Å². The molecule has 3 heteroatoms. The molecule has 0 spiro atoms. The van der Waals surface area contributed by atoms with Gasteiger partial charge in [0.15, 0.2) is 0 Å². The van der Waals surface area contributed by atoms with Crippen LogP contribution in [-0.4, -0.2) is 16.2 Å². The van der Waals surface area contributed by atoms with Gasteiger partial charge in [0.05, 0.1) is 0 Å². The van der Waals surface area contributed by atoms with Crippen LogP contribution in [0.25, 0.3) is 0 Å². The molecule has 0 fully saturated rings. The van der Waals surface area contributed by atoms with E-state index in [1.54, 1.807) is 0 Å². The second-order valence-electron chi connectivity index (χ2n) is 5.50. The van der Waals surface area contributed by atoms with Crippen molar-refractivity contribution < 1.29 is 15.0 Å². The topological polar surface area (TPSA) is 57.5 Å². The van der Waals surface area contributed by atoms with E-state index in [-0.39, 0.29) is 0 Å². The Morgan fingerprint density at radius 1 is 0.864 bits per heavy atom. The molecule has 0 aliphatic carbocycles. The Balaban J connectivity index is 0.000000541. The molecule has 2 rings (SSSR count). The van der Waals surface area contributed by atoms with Gasteiger partial charge in [-0.15, -0.1) is 0 Å². The van der Waals surface area contributed by atoms with Gasteiger partial charge in [0.1, 0.15) is 6.10 Å². The Hall–Kier alpha value is -2.13. The van der Waals surface area contributed by atoms with Gasteiger partial charge in [0.25, 0.3) is 5.97 Å². The normalized spacial score (nSPS) is 10.1. The molecule has 0 unspecified atom stereocenters. The predicted octanol–water partition coefficient (Wildman–Crippen LogP) is 4.09. The maximum atomic E-state index is 10.6. The lowest BCUT2D eigenvalue weighted by Gasteiger charge is -2.18. The Morgan fingerprint density at radius 3 is 1.50 bits per heavy atom. The summed E-state index contributed by atoms with van der Waals surface area (Å²) in [5, 5.41) is 18.0. The van der Waals surface area contributed by atoms with Crippen molar-refractivity contribution in [1.82, 2.24) is 0 Å². The highest BCUT2D eigenvalue weighted by Gasteiger charge is 2.16. The van der Waals surface area contributed by atoms with E-state index in [1.807, 2.05) is 24.3 Å². The number of aliphatic carboxylic acids is 1. The minimum atomic E-state index is -0.833. The van der Waals surface area contributed by atoms with E-state index in [1.165, 1.54) is 22.3 Å². The van der Waals surface area contributed by atoms with E-state index >= 15 is 0 Å². The summed E-state index contributed by atoms with van der Waals surface area (Å²) in [6, 6.07) is 12.2. The third-order valence-corrected chi connectivity index (χ3v) is 3.88. The lowest BCUT2D eigenvalue weighted by atomic mass is 9.91. The largest absolute Gasteiger partial charge is 0.481 e. The van der Waals surface area contributed by atoms with Crippen molar-refractivity contribution in [2.24, 2.45) is 0 Å². The zero-order valence-corrected chi connectivity index (χ0v) is 13.8. The Bertz CT molecular complexity index is 604. The van der Waals surface area contributed by atoms with Crippen molar-refractivity contribution in [3.05, 3.63) is 69.8 Å². The Kier molecular flexibility index (Phi) is 6.32. The number of hydrogen-bond donors (Lipinski definition) is 2. The highest BCUT2D eigenvalue weighted by atomic mass is 16.4. The summed E-state index contributed by atoms with van der Waals surface area (Å²) in [7, 11) is 0. The lowest BCUT2D eigenvalue weighted by molar-refractivity contribution is -0.134. The van der Waals surface area contributed by atoms with Gasteiger partial charge in [-0.3, -0.25) is 4.79 Å². The smallest absolute Gasteiger partial charge is 0.300 e. The fourth-order valence-electron chi connectivity index (χ4n) is 2.31. The molecule has 0 amide bonds. The third kappa shape index (κ3) is 4.43. The second-order valence-corrected chi connectivity index (χ2v) is 5.50. The average Bonchev–Trinajstić information content (AvgIpc) is 2.43. The zero-order chi connectivity index (χ0) is 16.9. The van der Waals surface area contributed by atoms with Gasteiger partial charge in [-0.25, -0.2) is 0 Å². The molecule has 0 aliphatic heterocycles. The molecule has 2 N–H and O–H groups in total. The summed E-state index contributed by atoms with van der Waals surface area (Å²) in [5.41, 5.74) is 6.79. The van der Waals surface area contributed by atoms with Gasteiger partial charge in [0.2, 0.25) is 0 Å². The molecule has 0 heterocycles. The zero-order valence-electron chi connectivity index (χ0n) is 13.8. The van der Waals surface area contributed by atoms with Gasteiger partial charge >= 0.3 is 0 Å². The Morgan fingerprint density at radius 2 is 1.18 bits per heavy atom. The van der Waals surface area contributed by atoms with E-state index in [4.69, 9.17) is 9.90 Å². The lowest BCUT2D eigenvalue weighted by Crippen LogP contribution is -2.05. The van der Waals surface area contributed by atoms with Crippen molar-refractivity contribution >= 4 is 5.97 Å². The van der Waals surface area contributed by atoms with Crippen molar-refractivity contribution in [1.29, 1.82) is 0 Å². The maximum Gasteiger partial charge on any atom is 0.300 e. The Labute approximate surface area is 132 Å². The van der Waals surface area contributed by atoms with Crippen LogP contribution in [0.2, 0.25) is 0 Å². The van der Waals surface area contributed by atoms with Gasteiger partial charge in [-0.2, -0.15) is 0 Å². The summed E-state index contributed by atoms with van der Waals surface area (Å²) in [5.74, 6) is -0.833. The van der Waals surface area contributed by atoms with Crippen LogP contribution in [0.1, 0.15) is 46.4 Å². The first-order chi connectivity index (χ1) is 10.3. The van der Waals surface area contributed by atoms with Crippen LogP contribution in [0.5, 0.6) is 0 Å². The van der Waals surface area contributed by atoms with E-state index in [2.05, 4.69) is 39.8 Å². The van der Waals surface area contributed by atoms with Gasteiger partial charge in [-0.1, -0.05) is 36.4 Å². The number of hydrogen-bond acceptors (Lipinski definition) is 2. The monoisotopic (exact) mass is 300 g/mol. The molecular formula is C19H24O3. The highest BCUT2D eigenvalue weighted by molar-refractivity contribution is 5.62. The molecular weight excluding hydrogens is 276 g/mol. The maximum absolute atomic E-state index is 10.6. The first-order valence-corrected chi connectivity index (χ1v) is 7.25. The number of aliphatic hydroxyl groups excluding tert-OH is 1. The molecule has 0 atom stereocenters. The van der Waals surface area contributed by atoms with Crippen LogP contribution in [0, 0.1) is 27.7 Å². The van der Waals surface area contributed by atoms with Crippen molar-refractivity contribution in [3.63, 3.8) is 0 Å². The highest BCUT2D eigenvalue weighted by Crippen LogP contribution is 2.29. The number of rotatable bonds is 2. The van der Waals surface area contributed by atoms with E-state index in [9.17, 15) is 5.11 Å². The molecule has 0 radical (unpaired) electrons. The van der Waals surface area contributed by atoms with Crippen LogP contribution in [0.4, 0.5) is 0 Å². The van der Waals surface area contributed by atoms with Crippen molar-refractivity contribution in [3.8, 4) is 0 Å². The molecule has 3 nitrogen and oxygen atoms in total. The summed E-state index contributed by atoms with van der Waals surface area (Å²) in [4.78, 5) is 9.00. The van der Waals surface area contributed by atoms with Crippen molar-refractivity contribution in [2.75, 3.05) is 0 Å². The molecule has 0 saturated carbocycles. The molecule has 22 heavy (non-hydrogen) atoms. The predicted molar refractivity (Wildman–Crippen MR) is 89.2 cm³/mol. The number of carboxylic acid groups (broad SMARTS) is 1. The number of carboxylic acids is 1. The summed E-state index contributed by atoms with van der Waals surface area (Å²) in [6.45, 7) is 9.38. The first kappa shape index (κ1) is 17.9. The van der Waals surface area contributed by atoms with E-state index in [0.29, 0.717) is 0 Å². The van der Waals surface area contributed by atoms with Crippen LogP contribution >= 0.6 is 0 Å². The SMILES string of the molecule is CC(=O)O.Cc1cccc(C(O)c2cccc(C)c2C)c1C. The van der Waals surface area contributed by atoms with Gasteiger partial charge in [-0.05, 0) is 61.1 Å². The number of carbonyl (C=O) groups is 1. The fourth-order valence-corrected chi connectivity index (χ4v) is 2.31. The third-order valence-electron chi connectivity index (χ3n) is 3.88. The fraction of sp³-hybridized carbons (Fsp3) is 0.316. The molecule has 2 aromatic rings. The molecule has 0 aliphatic rings. The van der Waals surface area contributed by atoms with Crippen LogP contribution in [-0.2, 0) is 4.79 Å².